The molecule has 0 heterocycles. The van der Waals surface area contributed by atoms with Gasteiger partial charge in [-0.3, -0.25) is 4.79 Å². The third kappa shape index (κ3) is 4.26. The number of hydrogen-bond acceptors (Lipinski definition) is 3. The summed E-state index contributed by atoms with van der Waals surface area (Å²) in [7, 11) is -4.06. The van der Waals surface area contributed by atoms with E-state index in [2.05, 4.69) is 16.6 Å². The predicted molar refractivity (Wildman–Crippen MR) is 101 cm³/mol. The molecule has 0 unspecified atom stereocenters. The monoisotopic (exact) mass is 388 g/mol. The summed E-state index contributed by atoms with van der Waals surface area (Å²) in [6.07, 6.45) is 3.31. The van der Waals surface area contributed by atoms with Crippen LogP contribution < -0.4 is 10.0 Å². The molecule has 3 rings (SSSR count). The third-order valence-corrected chi connectivity index (χ3v) is 6.17. The second kappa shape index (κ2) is 7.62. The van der Waals surface area contributed by atoms with Crippen molar-refractivity contribution in [2.75, 3.05) is 13.1 Å². The van der Waals surface area contributed by atoms with E-state index in [4.69, 9.17) is 0 Å². The lowest BCUT2D eigenvalue weighted by Crippen LogP contribution is -2.32. The molecule has 0 saturated heterocycles. The molecule has 2 aromatic carbocycles. The van der Waals surface area contributed by atoms with Gasteiger partial charge < -0.3 is 5.32 Å². The van der Waals surface area contributed by atoms with Crippen molar-refractivity contribution in [3.8, 4) is 0 Å². The zero-order valence-corrected chi connectivity index (χ0v) is 15.6. The molecule has 2 aromatic rings. The fraction of sp³-hybridized carbons (Fsp3) is 0.250. The molecule has 0 spiro atoms. The molecular formula is C20H21FN2O3S. The molecule has 1 aliphatic rings. The van der Waals surface area contributed by atoms with Crippen molar-refractivity contribution in [2.24, 2.45) is 0 Å². The van der Waals surface area contributed by atoms with Gasteiger partial charge in [0.25, 0.3) is 5.91 Å². The molecule has 2 N–H and O–H groups in total. The lowest BCUT2D eigenvalue weighted by molar-refractivity contribution is 0.0949. The zero-order valence-electron chi connectivity index (χ0n) is 14.7. The van der Waals surface area contributed by atoms with Gasteiger partial charge in [0.05, 0.1) is 0 Å². The fourth-order valence-electron chi connectivity index (χ4n) is 2.96. The maximum atomic E-state index is 14.0. The number of nitrogens with one attached hydrogen (secondary N) is 2. The highest BCUT2D eigenvalue weighted by Gasteiger charge is 2.44. The highest BCUT2D eigenvalue weighted by Crippen LogP contribution is 2.47. The predicted octanol–water partition coefficient (Wildman–Crippen LogP) is 2.75. The first-order valence-electron chi connectivity index (χ1n) is 8.62. The van der Waals surface area contributed by atoms with E-state index in [-0.39, 0.29) is 17.5 Å². The van der Waals surface area contributed by atoms with E-state index in [9.17, 15) is 17.6 Å². The molecule has 1 fully saturated rings. The number of carbonyl (C=O) groups is 1. The molecule has 7 heteroatoms. The number of rotatable bonds is 8. The van der Waals surface area contributed by atoms with E-state index in [1.165, 1.54) is 17.7 Å². The van der Waals surface area contributed by atoms with Crippen LogP contribution in [0.15, 0.2) is 66.1 Å². The van der Waals surface area contributed by atoms with E-state index in [1.807, 2.05) is 30.3 Å². The number of carbonyl (C=O) groups excluding carboxylic acids is 1. The minimum Gasteiger partial charge on any atom is -0.351 e. The maximum absolute atomic E-state index is 14.0. The molecule has 1 aliphatic carbocycles. The third-order valence-electron chi connectivity index (χ3n) is 4.73. The number of hydrogen-bond donors (Lipinski definition) is 2. The largest absolute Gasteiger partial charge is 0.351 e. The quantitative estimate of drug-likeness (QED) is 0.683. The van der Waals surface area contributed by atoms with Gasteiger partial charge in [0.1, 0.15) is 10.7 Å². The van der Waals surface area contributed by atoms with Crippen molar-refractivity contribution in [1.82, 2.24) is 10.0 Å². The summed E-state index contributed by atoms with van der Waals surface area (Å²) in [5.74, 6) is -1.34. The van der Waals surface area contributed by atoms with Crippen LogP contribution in [0.1, 0.15) is 28.8 Å². The van der Waals surface area contributed by atoms with Crippen LogP contribution >= 0.6 is 0 Å². The van der Waals surface area contributed by atoms with Crippen molar-refractivity contribution in [1.29, 1.82) is 0 Å². The standard InChI is InChI=1S/C20H21FN2O3S/c1-2-12-23-27(25,26)18-13-15(8-9-17(18)21)19(24)22-14-20(10-11-20)16-6-4-3-5-7-16/h2-9,13,23H,1,10-12,14H2,(H,22,24). The molecule has 27 heavy (non-hydrogen) atoms. The molecule has 0 aromatic heterocycles. The van der Waals surface area contributed by atoms with Gasteiger partial charge in [-0.15, -0.1) is 6.58 Å². The van der Waals surface area contributed by atoms with Gasteiger partial charge in [-0.1, -0.05) is 36.4 Å². The van der Waals surface area contributed by atoms with E-state index >= 15 is 0 Å². The summed E-state index contributed by atoms with van der Waals surface area (Å²) >= 11 is 0. The Hall–Kier alpha value is -2.51. The van der Waals surface area contributed by atoms with Crippen LogP contribution in [0.25, 0.3) is 0 Å². The van der Waals surface area contributed by atoms with Crippen LogP contribution in [0, 0.1) is 5.82 Å². The first-order chi connectivity index (χ1) is 12.9. The Morgan fingerprint density at radius 1 is 1.19 bits per heavy atom. The van der Waals surface area contributed by atoms with Crippen LogP contribution in [-0.4, -0.2) is 27.4 Å². The van der Waals surface area contributed by atoms with Gasteiger partial charge >= 0.3 is 0 Å². The van der Waals surface area contributed by atoms with Gasteiger partial charge in [0.15, 0.2) is 0 Å². The molecule has 1 saturated carbocycles. The summed E-state index contributed by atoms with van der Waals surface area (Å²) in [5, 5.41) is 2.85. The first-order valence-corrected chi connectivity index (χ1v) is 10.1. The Morgan fingerprint density at radius 2 is 1.89 bits per heavy atom. The Balaban J connectivity index is 1.74. The topological polar surface area (TPSA) is 75.3 Å². The molecule has 1 amide bonds. The maximum Gasteiger partial charge on any atom is 0.251 e. The number of halogens is 1. The van der Waals surface area contributed by atoms with E-state index in [0.717, 1.165) is 25.0 Å². The van der Waals surface area contributed by atoms with Crippen LogP contribution in [0.5, 0.6) is 0 Å². The number of benzene rings is 2. The second-order valence-corrected chi connectivity index (χ2v) is 8.35. The number of sulfonamides is 1. The summed E-state index contributed by atoms with van der Waals surface area (Å²) in [6, 6.07) is 13.3. The Bertz CT molecular complexity index is 954. The molecule has 0 atom stereocenters. The lowest BCUT2D eigenvalue weighted by atomic mass is 9.96. The van der Waals surface area contributed by atoms with Gasteiger partial charge in [-0.25, -0.2) is 17.5 Å². The van der Waals surface area contributed by atoms with Gasteiger partial charge in [-0.2, -0.15) is 0 Å². The van der Waals surface area contributed by atoms with E-state index in [1.54, 1.807) is 0 Å². The van der Waals surface area contributed by atoms with Crippen LogP contribution in [0.3, 0.4) is 0 Å². The van der Waals surface area contributed by atoms with Crippen molar-refractivity contribution in [3.05, 3.63) is 78.1 Å². The Labute approximate surface area is 158 Å². The van der Waals surface area contributed by atoms with Crippen LogP contribution in [0.2, 0.25) is 0 Å². The minimum absolute atomic E-state index is 0.0300. The lowest BCUT2D eigenvalue weighted by Gasteiger charge is -2.17. The SMILES string of the molecule is C=CCNS(=O)(=O)c1cc(C(=O)NCC2(c3ccccc3)CC2)ccc1F. The Kier molecular flexibility index (Phi) is 5.43. The Morgan fingerprint density at radius 3 is 2.52 bits per heavy atom. The van der Waals surface area contributed by atoms with Crippen LogP contribution in [0.4, 0.5) is 4.39 Å². The molecule has 0 bridgehead atoms. The zero-order chi connectivity index (χ0) is 19.5. The van der Waals surface area contributed by atoms with Gasteiger partial charge in [-0.05, 0) is 36.6 Å². The summed E-state index contributed by atoms with van der Waals surface area (Å²) in [4.78, 5) is 11.9. The van der Waals surface area contributed by atoms with Crippen molar-refractivity contribution >= 4 is 15.9 Å². The van der Waals surface area contributed by atoms with E-state index in [0.29, 0.717) is 6.54 Å². The second-order valence-electron chi connectivity index (χ2n) is 6.61. The average Bonchev–Trinajstić information content (AvgIpc) is 3.47. The summed E-state index contributed by atoms with van der Waals surface area (Å²) in [5.41, 5.74) is 1.19. The van der Waals surface area contributed by atoms with E-state index < -0.39 is 26.6 Å². The summed E-state index contributed by atoms with van der Waals surface area (Å²) in [6.45, 7) is 3.84. The van der Waals surface area contributed by atoms with Crippen LogP contribution in [-0.2, 0) is 15.4 Å². The normalized spacial score (nSPS) is 15.1. The minimum atomic E-state index is -4.06. The van der Waals surface area contributed by atoms with Crippen molar-refractivity contribution in [2.45, 2.75) is 23.2 Å². The molecular weight excluding hydrogens is 367 g/mol. The molecule has 5 nitrogen and oxygen atoms in total. The molecule has 142 valence electrons. The smallest absolute Gasteiger partial charge is 0.251 e. The van der Waals surface area contributed by atoms with Gasteiger partial charge in [0.2, 0.25) is 10.0 Å². The number of amides is 1. The van der Waals surface area contributed by atoms with Gasteiger partial charge in [0, 0.05) is 24.1 Å². The van der Waals surface area contributed by atoms with Crippen molar-refractivity contribution < 1.29 is 17.6 Å². The summed E-state index contributed by atoms with van der Waals surface area (Å²) < 4.78 is 40.5. The molecule has 0 radical (unpaired) electrons. The highest BCUT2D eigenvalue weighted by molar-refractivity contribution is 7.89. The first kappa shape index (κ1) is 19.3. The highest BCUT2D eigenvalue weighted by atomic mass is 32.2. The average molecular weight is 388 g/mol. The fourth-order valence-corrected chi connectivity index (χ4v) is 4.06. The van der Waals surface area contributed by atoms with Crippen molar-refractivity contribution in [3.63, 3.8) is 0 Å². The molecule has 0 aliphatic heterocycles.